The third-order valence-corrected chi connectivity index (χ3v) is 4.59. The number of thiophene rings is 1. The summed E-state index contributed by atoms with van der Waals surface area (Å²) in [6.45, 7) is 4.40. The van der Waals surface area contributed by atoms with E-state index in [0.717, 1.165) is 16.3 Å². The van der Waals surface area contributed by atoms with Gasteiger partial charge >= 0.3 is 0 Å². The van der Waals surface area contributed by atoms with Crippen LogP contribution in [0.4, 0.5) is 0 Å². The Kier molecular flexibility index (Phi) is 3.44. The van der Waals surface area contributed by atoms with Gasteiger partial charge in [0, 0.05) is 34.3 Å². The van der Waals surface area contributed by atoms with Gasteiger partial charge in [-0.15, -0.1) is 11.3 Å². The zero-order valence-corrected chi connectivity index (χ0v) is 12.5. The van der Waals surface area contributed by atoms with E-state index in [0.29, 0.717) is 5.92 Å². The Bertz CT molecular complexity index is 669. The summed E-state index contributed by atoms with van der Waals surface area (Å²) >= 11 is 3.39. The lowest BCUT2D eigenvalue weighted by Gasteiger charge is -2.09. The Labute approximate surface area is 120 Å². The molecular weight excluding hydrogens is 272 g/mol. The van der Waals surface area contributed by atoms with Crippen molar-refractivity contribution in [2.24, 2.45) is 0 Å². The normalized spacial score (nSPS) is 11.1. The van der Waals surface area contributed by atoms with Gasteiger partial charge in [-0.25, -0.2) is 4.98 Å². The van der Waals surface area contributed by atoms with Crippen LogP contribution in [0.15, 0.2) is 40.7 Å². The van der Waals surface area contributed by atoms with Crippen molar-refractivity contribution in [3.05, 3.63) is 46.2 Å². The number of aromatic nitrogens is 2. The second kappa shape index (κ2) is 5.23. The SMILES string of the molecule is CC(C)c1ccncc1-c1nc(-c2ccsc2)cs1. The van der Waals surface area contributed by atoms with Crippen molar-refractivity contribution < 1.29 is 0 Å². The summed E-state index contributed by atoms with van der Waals surface area (Å²) in [7, 11) is 0. The Morgan fingerprint density at radius 1 is 1.16 bits per heavy atom. The molecule has 0 aliphatic carbocycles. The van der Waals surface area contributed by atoms with Gasteiger partial charge in [0.25, 0.3) is 0 Å². The van der Waals surface area contributed by atoms with Crippen molar-refractivity contribution >= 4 is 22.7 Å². The highest BCUT2D eigenvalue weighted by Crippen LogP contribution is 2.33. The highest BCUT2D eigenvalue weighted by Gasteiger charge is 2.12. The molecule has 0 saturated carbocycles. The van der Waals surface area contributed by atoms with Crippen LogP contribution in [-0.2, 0) is 0 Å². The summed E-state index contributed by atoms with van der Waals surface area (Å²) in [5.74, 6) is 0.478. The molecule has 0 unspecified atom stereocenters. The van der Waals surface area contributed by atoms with Crippen molar-refractivity contribution in [3.8, 4) is 21.8 Å². The molecule has 19 heavy (non-hydrogen) atoms. The van der Waals surface area contributed by atoms with E-state index in [1.54, 1.807) is 22.7 Å². The molecule has 0 spiro atoms. The molecule has 0 atom stereocenters. The lowest BCUT2D eigenvalue weighted by Crippen LogP contribution is -1.92. The van der Waals surface area contributed by atoms with Crippen LogP contribution >= 0.6 is 22.7 Å². The van der Waals surface area contributed by atoms with Crippen LogP contribution in [0.1, 0.15) is 25.3 Å². The highest BCUT2D eigenvalue weighted by molar-refractivity contribution is 7.13. The first-order valence-electron chi connectivity index (χ1n) is 6.18. The van der Waals surface area contributed by atoms with Crippen molar-refractivity contribution in [2.45, 2.75) is 19.8 Å². The molecule has 0 aliphatic heterocycles. The summed E-state index contributed by atoms with van der Waals surface area (Å²) in [4.78, 5) is 9.00. The average molecular weight is 286 g/mol. The molecule has 3 rings (SSSR count). The van der Waals surface area contributed by atoms with Crippen LogP contribution in [0.5, 0.6) is 0 Å². The molecule has 4 heteroatoms. The van der Waals surface area contributed by atoms with E-state index in [4.69, 9.17) is 4.98 Å². The summed E-state index contributed by atoms with van der Waals surface area (Å²) in [6.07, 6.45) is 3.78. The minimum atomic E-state index is 0.478. The maximum atomic E-state index is 4.75. The van der Waals surface area contributed by atoms with Crippen molar-refractivity contribution in [1.29, 1.82) is 0 Å². The fourth-order valence-electron chi connectivity index (χ4n) is 2.03. The van der Waals surface area contributed by atoms with Crippen LogP contribution in [0, 0.1) is 0 Å². The van der Waals surface area contributed by atoms with E-state index in [2.05, 4.69) is 47.1 Å². The minimum absolute atomic E-state index is 0.478. The van der Waals surface area contributed by atoms with Crippen LogP contribution < -0.4 is 0 Å². The standard InChI is InChI=1S/C15H14N2S2/c1-10(2)12-3-5-16-7-13(12)15-17-14(9-19-15)11-4-6-18-8-11/h3-10H,1-2H3. The van der Waals surface area contributed by atoms with Gasteiger partial charge in [0.2, 0.25) is 0 Å². The molecule has 0 aromatic carbocycles. The molecular formula is C15H14N2S2. The second-order valence-corrected chi connectivity index (χ2v) is 6.31. The van der Waals surface area contributed by atoms with Crippen molar-refractivity contribution in [1.82, 2.24) is 9.97 Å². The van der Waals surface area contributed by atoms with Gasteiger partial charge in [-0.1, -0.05) is 13.8 Å². The maximum absolute atomic E-state index is 4.75. The van der Waals surface area contributed by atoms with Crippen molar-refractivity contribution in [3.63, 3.8) is 0 Å². The quantitative estimate of drug-likeness (QED) is 0.672. The predicted octanol–water partition coefficient (Wildman–Crippen LogP) is 5.06. The number of thiazole rings is 1. The van der Waals surface area contributed by atoms with Gasteiger partial charge in [-0.2, -0.15) is 11.3 Å². The lowest BCUT2D eigenvalue weighted by atomic mass is 10.00. The van der Waals surface area contributed by atoms with Gasteiger partial charge in [-0.3, -0.25) is 4.98 Å². The molecule has 3 aromatic heterocycles. The number of rotatable bonds is 3. The molecule has 0 N–H and O–H groups in total. The Morgan fingerprint density at radius 2 is 2.05 bits per heavy atom. The van der Waals surface area contributed by atoms with E-state index in [-0.39, 0.29) is 0 Å². The molecule has 0 saturated heterocycles. The van der Waals surface area contributed by atoms with E-state index in [1.165, 1.54) is 11.1 Å². The Morgan fingerprint density at radius 3 is 2.79 bits per heavy atom. The fourth-order valence-corrected chi connectivity index (χ4v) is 3.54. The predicted molar refractivity (Wildman–Crippen MR) is 82.7 cm³/mol. The topological polar surface area (TPSA) is 25.8 Å². The first-order chi connectivity index (χ1) is 9.25. The largest absolute Gasteiger partial charge is 0.264 e. The van der Waals surface area contributed by atoms with E-state index in [1.807, 2.05) is 12.4 Å². The Balaban J connectivity index is 2.04. The molecule has 0 amide bonds. The monoisotopic (exact) mass is 286 g/mol. The van der Waals surface area contributed by atoms with Gasteiger partial charge in [0.05, 0.1) is 5.69 Å². The van der Waals surface area contributed by atoms with Gasteiger partial charge in [0.15, 0.2) is 0 Å². The number of pyridine rings is 1. The molecule has 0 radical (unpaired) electrons. The molecule has 3 aromatic rings. The minimum Gasteiger partial charge on any atom is -0.264 e. The average Bonchev–Trinajstić information content (AvgIpc) is 3.09. The number of hydrogen-bond acceptors (Lipinski definition) is 4. The maximum Gasteiger partial charge on any atom is 0.125 e. The highest BCUT2D eigenvalue weighted by atomic mass is 32.1. The summed E-state index contributed by atoms with van der Waals surface area (Å²) in [5, 5.41) is 7.38. The van der Waals surface area contributed by atoms with Gasteiger partial charge in [-0.05, 0) is 29.0 Å². The zero-order valence-electron chi connectivity index (χ0n) is 10.8. The molecule has 2 nitrogen and oxygen atoms in total. The Hall–Kier alpha value is -1.52. The number of hydrogen-bond donors (Lipinski definition) is 0. The van der Waals surface area contributed by atoms with Crippen LogP contribution in [0.3, 0.4) is 0 Å². The molecule has 0 bridgehead atoms. The zero-order chi connectivity index (χ0) is 13.2. The fraction of sp³-hybridized carbons (Fsp3) is 0.200. The molecule has 0 fully saturated rings. The van der Waals surface area contributed by atoms with Crippen LogP contribution in [-0.4, -0.2) is 9.97 Å². The van der Waals surface area contributed by atoms with Crippen molar-refractivity contribution in [2.75, 3.05) is 0 Å². The number of nitrogens with zero attached hydrogens (tertiary/aromatic N) is 2. The third-order valence-electron chi connectivity index (χ3n) is 3.03. The van der Waals surface area contributed by atoms with Crippen LogP contribution in [0.25, 0.3) is 21.8 Å². The first-order valence-corrected chi connectivity index (χ1v) is 8.00. The smallest absolute Gasteiger partial charge is 0.125 e. The van der Waals surface area contributed by atoms with Crippen LogP contribution in [0.2, 0.25) is 0 Å². The van der Waals surface area contributed by atoms with Gasteiger partial charge in [0.1, 0.15) is 5.01 Å². The summed E-state index contributed by atoms with van der Waals surface area (Å²) < 4.78 is 0. The lowest BCUT2D eigenvalue weighted by molar-refractivity contribution is 0.865. The van der Waals surface area contributed by atoms with E-state index < -0.39 is 0 Å². The first kappa shape index (κ1) is 12.5. The van der Waals surface area contributed by atoms with E-state index in [9.17, 15) is 0 Å². The molecule has 96 valence electrons. The molecule has 3 heterocycles. The van der Waals surface area contributed by atoms with Gasteiger partial charge < -0.3 is 0 Å². The summed E-state index contributed by atoms with van der Waals surface area (Å²) in [6, 6.07) is 4.20. The molecule has 0 aliphatic rings. The van der Waals surface area contributed by atoms with E-state index >= 15 is 0 Å². The summed E-state index contributed by atoms with van der Waals surface area (Å²) in [5.41, 5.74) is 4.72. The third kappa shape index (κ3) is 2.46. The second-order valence-electron chi connectivity index (χ2n) is 4.67.